The molecule has 23 heavy (non-hydrogen) atoms. The van der Waals surface area contributed by atoms with Gasteiger partial charge in [0.15, 0.2) is 0 Å². The summed E-state index contributed by atoms with van der Waals surface area (Å²) in [6.07, 6.45) is 8.87. The number of aliphatic hydroxyl groups excluding tert-OH is 2. The van der Waals surface area contributed by atoms with Gasteiger partial charge in [0.2, 0.25) is 0 Å². The Bertz CT molecular complexity index is 612. The number of carbonyl (C=O) groups is 1. The summed E-state index contributed by atoms with van der Waals surface area (Å²) in [4.78, 5) is 11.2. The summed E-state index contributed by atoms with van der Waals surface area (Å²) in [5.41, 5.74) is 4.41. The van der Waals surface area contributed by atoms with E-state index in [0.717, 1.165) is 32.0 Å². The molecule has 1 saturated carbocycles. The molecular formula is C20H28O3. The molecule has 1 fully saturated rings. The normalized spacial score (nSPS) is 38.2. The quantitative estimate of drug-likeness (QED) is 0.785. The number of carbonyl (C=O) groups excluding carboxylic acids is 1. The van der Waals surface area contributed by atoms with Crippen LogP contribution < -0.4 is 0 Å². The SMILES string of the molecule is C[C@@H](CO)C1=C2C3=CC=C(C=O)C[C@H](O)[C@]3(C)CC[C@@]2(C)CC1. The zero-order valence-corrected chi connectivity index (χ0v) is 14.4. The molecule has 0 radical (unpaired) electrons. The Morgan fingerprint density at radius 3 is 2.70 bits per heavy atom. The van der Waals surface area contributed by atoms with Crippen LogP contribution in [0.4, 0.5) is 0 Å². The number of hydrogen-bond acceptors (Lipinski definition) is 3. The fourth-order valence-corrected chi connectivity index (χ4v) is 4.77. The van der Waals surface area contributed by atoms with Gasteiger partial charge in [0.05, 0.1) is 6.10 Å². The Morgan fingerprint density at radius 1 is 1.30 bits per heavy atom. The minimum atomic E-state index is -0.531. The topological polar surface area (TPSA) is 57.5 Å². The zero-order chi connectivity index (χ0) is 16.8. The summed E-state index contributed by atoms with van der Waals surface area (Å²) in [6.45, 7) is 6.70. The first-order valence-electron chi connectivity index (χ1n) is 8.75. The molecule has 0 bridgehead atoms. The minimum absolute atomic E-state index is 0.142. The fourth-order valence-electron chi connectivity index (χ4n) is 4.77. The zero-order valence-electron chi connectivity index (χ0n) is 14.4. The Balaban J connectivity index is 2.18. The summed E-state index contributed by atoms with van der Waals surface area (Å²) in [6, 6.07) is 0. The van der Waals surface area contributed by atoms with E-state index in [0.29, 0.717) is 12.0 Å². The van der Waals surface area contributed by atoms with Crippen molar-refractivity contribution in [3.63, 3.8) is 0 Å². The average molecular weight is 316 g/mol. The molecule has 0 aromatic heterocycles. The van der Waals surface area contributed by atoms with E-state index in [-0.39, 0.29) is 23.4 Å². The van der Waals surface area contributed by atoms with Crippen molar-refractivity contribution in [3.8, 4) is 0 Å². The molecule has 0 aromatic rings. The Kier molecular flexibility index (Phi) is 4.14. The number of allylic oxidation sites excluding steroid dienone is 3. The standard InChI is InChI=1S/C20H28O3/c1-13(11-21)15-6-7-19(2)8-9-20(3)16(18(15)19)5-4-14(12-22)10-17(20)23/h4-5,12-13,17,21,23H,6-11H2,1-3H3/t13-,17-,19+,20+/m0/s1. The average Bonchev–Trinajstić information content (AvgIpc) is 2.83. The van der Waals surface area contributed by atoms with Gasteiger partial charge in [0, 0.05) is 24.4 Å². The van der Waals surface area contributed by atoms with E-state index >= 15 is 0 Å². The highest BCUT2D eigenvalue weighted by Gasteiger charge is 2.51. The van der Waals surface area contributed by atoms with Crippen molar-refractivity contribution in [2.24, 2.45) is 16.7 Å². The van der Waals surface area contributed by atoms with Crippen LogP contribution >= 0.6 is 0 Å². The van der Waals surface area contributed by atoms with E-state index in [2.05, 4.69) is 26.8 Å². The third kappa shape index (κ3) is 2.45. The first-order chi connectivity index (χ1) is 10.9. The van der Waals surface area contributed by atoms with Crippen LogP contribution in [0.1, 0.15) is 52.9 Å². The lowest BCUT2D eigenvalue weighted by Crippen LogP contribution is -2.41. The van der Waals surface area contributed by atoms with Gasteiger partial charge in [0.1, 0.15) is 6.29 Å². The Labute approximate surface area is 138 Å². The molecule has 126 valence electrons. The predicted molar refractivity (Wildman–Crippen MR) is 90.8 cm³/mol. The summed E-state index contributed by atoms with van der Waals surface area (Å²) in [7, 11) is 0. The van der Waals surface area contributed by atoms with Crippen LogP contribution in [0.25, 0.3) is 0 Å². The molecule has 0 aromatic carbocycles. The highest BCUT2D eigenvalue weighted by molar-refractivity contribution is 5.74. The van der Waals surface area contributed by atoms with Crippen molar-refractivity contribution in [1.29, 1.82) is 0 Å². The molecule has 3 rings (SSSR count). The number of aliphatic hydroxyl groups is 2. The van der Waals surface area contributed by atoms with E-state index < -0.39 is 6.10 Å². The van der Waals surface area contributed by atoms with Gasteiger partial charge in [-0.05, 0) is 47.8 Å². The van der Waals surface area contributed by atoms with Gasteiger partial charge < -0.3 is 10.2 Å². The maximum atomic E-state index is 11.2. The molecule has 0 amide bonds. The first kappa shape index (κ1) is 16.7. The van der Waals surface area contributed by atoms with Crippen LogP contribution in [0, 0.1) is 16.7 Å². The van der Waals surface area contributed by atoms with Crippen molar-refractivity contribution in [2.75, 3.05) is 6.61 Å². The first-order valence-corrected chi connectivity index (χ1v) is 8.75. The highest BCUT2D eigenvalue weighted by atomic mass is 16.3. The molecule has 0 heterocycles. The molecule has 3 nitrogen and oxygen atoms in total. The molecule has 4 atom stereocenters. The van der Waals surface area contributed by atoms with E-state index in [1.807, 2.05) is 6.08 Å². The summed E-state index contributed by atoms with van der Waals surface area (Å²) in [5.74, 6) is 0.157. The molecule has 3 heteroatoms. The molecule has 0 aliphatic heterocycles. The Morgan fingerprint density at radius 2 is 2.04 bits per heavy atom. The molecule has 0 saturated heterocycles. The number of rotatable bonds is 3. The van der Waals surface area contributed by atoms with Crippen LogP contribution in [-0.4, -0.2) is 29.2 Å². The second-order valence-electron chi connectivity index (χ2n) is 8.12. The van der Waals surface area contributed by atoms with Crippen molar-refractivity contribution in [1.82, 2.24) is 0 Å². The van der Waals surface area contributed by atoms with Gasteiger partial charge in [0.25, 0.3) is 0 Å². The monoisotopic (exact) mass is 316 g/mol. The summed E-state index contributed by atoms with van der Waals surface area (Å²) >= 11 is 0. The number of fused-ring (bicyclic) bond motifs is 3. The lowest BCUT2D eigenvalue weighted by molar-refractivity contribution is -0.105. The second kappa shape index (κ2) is 5.71. The highest BCUT2D eigenvalue weighted by Crippen LogP contribution is 2.61. The van der Waals surface area contributed by atoms with Crippen molar-refractivity contribution in [3.05, 3.63) is 34.4 Å². The van der Waals surface area contributed by atoms with Gasteiger partial charge in [-0.2, -0.15) is 0 Å². The lowest BCUT2D eigenvalue weighted by Gasteiger charge is -2.48. The molecule has 0 spiro atoms. The molecular weight excluding hydrogens is 288 g/mol. The minimum Gasteiger partial charge on any atom is -0.396 e. The molecule has 3 aliphatic rings. The van der Waals surface area contributed by atoms with Gasteiger partial charge in [-0.3, -0.25) is 4.79 Å². The van der Waals surface area contributed by atoms with Gasteiger partial charge in [-0.1, -0.05) is 38.5 Å². The largest absolute Gasteiger partial charge is 0.396 e. The molecule has 2 N–H and O–H groups in total. The van der Waals surface area contributed by atoms with E-state index in [1.165, 1.54) is 16.7 Å². The predicted octanol–water partition coefficient (Wildman–Crippen LogP) is 3.33. The molecule has 0 unspecified atom stereocenters. The summed E-state index contributed by atoms with van der Waals surface area (Å²) in [5, 5.41) is 20.5. The fraction of sp³-hybridized carbons (Fsp3) is 0.650. The van der Waals surface area contributed by atoms with Gasteiger partial charge >= 0.3 is 0 Å². The smallest absolute Gasteiger partial charge is 0.146 e. The third-order valence-corrected chi connectivity index (χ3v) is 6.60. The van der Waals surface area contributed by atoms with Crippen molar-refractivity contribution < 1.29 is 15.0 Å². The van der Waals surface area contributed by atoms with Crippen LogP contribution in [0.5, 0.6) is 0 Å². The lowest BCUT2D eigenvalue weighted by atomic mass is 9.57. The Hall–Kier alpha value is -1.19. The van der Waals surface area contributed by atoms with Crippen LogP contribution in [-0.2, 0) is 4.79 Å². The third-order valence-electron chi connectivity index (χ3n) is 6.60. The van der Waals surface area contributed by atoms with Gasteiger partial charge in [-0.25, -0.2) is 0 Å². The number of aldehydes is 1. The van der Waals surface area contributed by atoms with Crippen LogP contribution in [0.3, 0.4) is 0 Å². The van der Waals surface area contributed by atoms with Crippen molar-refractivity contribution in [2.45, 2.75) is 59.0 Å². The van der Waals surface area contributed by atoms with E-state index in [1.54, 1.807) is 0 Å². The number of hydrogen-bond donors (Lipinski definition) is 2. The maximum absolute atomic E-state index is 11.2. The van der Waals surface area contributed by atoms with Crippen LogP contribution in [0.15, 0.2) is 34.4 Å². The van der Waals surface area contributed by atoms with Crippen LogP contribution in [0.2, 0.25) is 0 Å². The van der Waals surface area contributed by atoms with Gasteiger partial charge in [-0.15, -0.1) is 0 Å². The van der Waals surface area contributed by atoms with E-state index in [9.17, 15) is 15.0 Å². The maximum Gasteiger partial charge on any atom is 0.146 e. The second-order valence-corrected chi connectivity index (χ2v) is 8.12. The van der Waals surface area contributed by atoms with E-state index in [4.69, 9.17) is 0 Å². The molecule has 3 aliphatic carbocycles. The summed E-state index contributed by atoms with van der Waals surface area (Å²) < 4.78 is 0. The van der Waals surface area contributed by atoms with Crippen molar-refractivity contribution >= 4 is 6.29 Å².